The molecule has 0 radical (unpaired) electrons. The monoisotopic (exact) mass is 436 g/mol. The molecular formula is C22H21ClN6S. The lowest BCUT2D eigenvalue weighted by Gasteiger charge is -2.07. The van der Waals surface area contributed by atoms with Crippen molar-refractivity contribution in [2.24, 2.45) is 0 Å². The highest BCUT2D eigenvalue weighted by Crippen LogP contribution is 2.17. The highest BCUT2D eigenvalue weighted by Gasteiger charge is 2.06. The van der Waals surface area contributed by atoms with Crippen LogP contribution in [-0.2, 0) is 13.1 Å². The van der Waals surface area contributed by atoms with Gasteiger partial charge in [0, 0.05) is 23.5 Å². The quantitative estimate of drug-likeness (QED) is 0.419. The third kappa shape index (κ3) is 5.25. The molecule has 0 atom stereocenters. The zero-order valence-electron chi connectivity index (χ0n) is 16.4. The van der Waals surface area contributed by atoms with Gasteiger partial charge in [0.1, 0.15) is 0 Å². The van der Waals surface area contributed by atoms with Gasteiger partial charge >= 0.3 is 0 Å². The normalized spacial score (nSPS) is 10.7. The smallest absolute Gasteiger partial charge is 0.176 e. The molecule has 0 aliphatic rings. The van der Waals surface area contributed by atoms with Crippen molar-refractivity contribution in [1.29, 1.82) is 0 Å². The van der Waals surface area contributed by atoms with Crippen molar-refractivity contribution < 1.29 is 0 Å². The maximum atomic E-state index is 6.22. The minimum absolute atomic E-state index is 0.452. The Kier molecular flexibility index (Phi) is 6.11. The highest BCUT2D eigenvalue weighted by molar-refractivity contribution is 7.80. The fourth-order valence-corrected chi connectivity index (χ4v) is 3.41. The standard InChI is InChI=1S/C22H21ClN6S/c1-16-6-8-17(9-7-16)13-28-11-10-21(27-28)26-22(30)25-19-12-24-29(15-19)14-18-4-2-3-5-20(18)23/h2-12,15H,13-14H2,1H3,(H2,25,26,27,30). The number of hydrogen-bond donors (Lipinski definition) is 2. The number of halogens is 1. The number of aryl methyl sites for hydroxylation is 1. The number of benzene rings is 2. The molecule has 30 heavy (non-hydrogen) atoms. The summed E-state index contributed by atoms with van der Waals surface area (Å²) in [5, 5.41) is 16.3. The molecule has 4 rings (SSSR count). The van der Waals surface area contributed by atoms with E-state index in [0.717, 1.165) is 16.3 Å². The zero-order chi connectivity index (χ0) is 20.9. The summed E-state index contributed by atoms with van der Waals surface area (Å²) in [7, 11) is 0. The van der Waals surface area contributed by atoms with Crippen molar-refractivity contribution in [3.05, 3.63) is 94.9 Å². The number of nitrogens with one attached hydrogen (secondary N) is 2. The number of aromatic nitrogens is 4. The van der Waals surface area contributed by atoms with E-state index < -0.39 is 0 Å². The molecule has 6 nitrogen and oxygen atoms in total. The third-order valence-corrected chi connectivity index (χ3v) is 5.10. The van der Waals surface area contributed by atoms with Gasteiger partial charge in [0.2, 0.25) is 0 Å². The van der Waals surface area contributed by atoms with E-state index in [1.165, 1.54) is 11.1 Å². The van der Waals surface area contributed by atoms with Crippen LogP contribution >= 0.6 is 23.8 Å². The van der Waals surface area contributed by atoms with Crippen molar-refractivity contribution >= 4 is 40.4 Å². The molecule has 0 bridgehead atoms. The van der Waals surface area contributed by atoms with E-state index in [1.54, 1.807) is 6.20 Å². The number of nitrogens with zero attached hydrogens (tertiary/aromatic N) is 4. The van der Waals surface area contributed by atoms with Crippen molar-refractivity contribution in [1.82, 2.24) is 19.6 Å². The Hall–Kier alpha value is -3.16. The molecular weight excluding hydrogens is 416 g/mol. The number of anilines is 2. The molecule has 0 spiro atoms. The Labute approximate surface area is 185 Å². The lowest BCUT2D eigenvalue weighted by molar-refractivity contribution is 0.687. The van der Waals surface area contributed by atoms with Crippen LogP contribution in [-0.4, -0.2) is 24.7 Å². The minimum Gasteiger partial charge on any atom is -0.330 e. The summed E-state index contributed by atoms with van der Waals surface area (Å²) in [6, 6.07) is 18.0. The Morgan fingerprint density at radius 3 is 2.60 bits per heavy atom. The Morgan fingerprint density at radius 1 is 1.00 bits per heavy atom. The van der Waals surface area contributed by atoms with Gasteiger partial charge in [-0.1, -0.05) is 59.6 Å². The van der Waals surface area contributed by atoms with Crippen LogP contribution in [0.2, 0.25) is 5.02 Å². The number of rotatable bonds is 6. The van der Waals surface area contributed by atoms with E-state index in [0.29, 0.717) is 24.0 Å². The van der Waals surface area contributed by atoms with Crippen LogP contribution in [0.15, 0.2) is 73.2 Å². The van der Waals surface area contributed by atoms with Crippen molar-refractivity contribution in [2.45, 2.75) is 20.0 Å². The largest absolute Gasteiger partial charge is 0.330 e. The molecule has 0 saturated carbocycles. The maximum Gasteiger partial charge on any atom is 0.176 e. The fraction of sp³-hybridized carbons (Fsp3) is 0.136. The lowest BCUT2D eigenvalue weighted by atomic mass is 10.1. The molecule has 152 valence electrons. The molecule has 2 aromatic carbocycles. The average Bonchev–Trinajstić information content (AvgIpc) is 3.35. The molecule has 0 fully saturated rings. The SMILES string of the molecule is Cc1ccc(Cn2ccc(NC(=S)Nc3cnn(Cc4ccccc4Cl)c3)n2)cc1. The molecule has 2 aromatic heterocycles. The third-order valence-electron chi connectivity index (χ3n) is 4.53. The van der Waals surface area contributed by atoms with Crippen LogP contribution in [0.4, 0.5) is 11.5 Å². The van der Waals surface area contributed by atoms with Gasteiger partial charge in [-0.3, -0.25) is 9.36 Å². The molecule has 0 aliphatic carbocycles. The van der Waals surface area contributed by atoms with Crippen molar-refractivity contribution in [3.8, 4) is 0 Å². The molecule has 0 amide bonds. The van der Waals surface area contributed by atoms with E-state index in [9.17, 15) is 0 Å². The Balaban J connectivity index is 1.32. The van der Waals surface area contributed by atoms with E-state index >= 15 is 0 Å². The number of thiocarbonyl (C=S) groups is 1. The Morgan fingerprint density at radius 2 is 1.80 bits per heavy atom. The van der Waals surface area contributed by atoms with Gasteiger partial charge in [-0.15, -0.1) is 0 Å². The molecule has 4 aromatic rings. The van der Waals surface area contributed by atoms with Crippen LogP contribution in [0.3, 0.4) is 0 Å². The first-order valence-corrected chi connectivity index (χ1v) is 10.3. The van der Waals surface area contributed by atoms with Gasteiger partial charge in [0.15, 0.2) is 10.9 Å². The molecule has 0 saturated heterocycles. The van der Waals surface area contributed by atoms with E-state index in [4.69, 9.17) is 23.8 Å². The summed E-state index contributed by atoms with van der Waals surface area (Å²) in [4.78, 5) is 0. The number of hydrogen-bond acceptors (Lipinski definition) is 3. The molecule has 0 unspecified atom stereocenters. The van der Waals surface area contributed by atoms with Gasteiger partial charge in [0.05, 0.1) is 25.0 Å². The summed E-state index contributed by atoms with van der Waals surface area (Å²) in [5.74, 6) is 0.683. The van der Waals surface area contributed by atoms with Crippen LogP contribution < -0.4 is 10.6 Å². The first-order chi connectivity index (χ1) is 14.5. The average molecular weight is 437 g/mol. The summed E-state index contributed by atoms with van der Waals surface area (Å²) in [6.45, 7) is 3.37. The molecule has 2 heterocycles. The lowest BCUT2D eigenvalue weighted by Crippen LogP contribution is -2.19. The van der Waals surface area contributed by atoms with Gasteiger partial charge in [0.25, 0.3) is 0 Å². The second kappa shape index (κ2) is 9.11. The minimum atomic E-state index is 0.452. The maximum absolute atomic E-state index is 6.22. The van der Waals surface area contributed by atoms with Gasteiger partial charge in [-0.05, 0) is 36.3 Å². The van der Waals surface area contributed by atoms with Crippen LogP contribution in [0.25, 0.3) is 0 Å². The van der Waals surface area contributed by atoms with Crippen molar-refractivity contribution in [2.75, 3.05) is 10.6 Å². The summed E-state index contributed by atoms with van der Waals surface area (Å²) in [5.41, 5.74) is 4.24. The summed E-state index contributed by atoms with van der Waals surface area (Å²) in [6.07, 6.45) is 5.53. The second-order valence-electron chi connectivity index (χ2n) is 6.98. The van der Waals surface area contributed by atoms with E-state index in [1.807, 2.05) is 52.1 Å². The predicted molar refractivity (Wildman–Crippen MR) is 125 cm³/mol. The van der Waals surface area contributed by atoms with E-state index in [-0.39, 0.29) is 0 Å². The first-order valence-electron chi connectivity index (χ1n) is 9.48. The summed E-state index contributed by atoms with van der Waals surface area (Å²) >= 11 is 11.6. The topological polar surface area (TPSA) is 59.7 Å². The second-order valence-corrected chi connectivity index (χ2v) is 7.80. The highest BCUT2D eigenvalue weighted by atomic mass is 35.5. The van der Waals surface area contributed by atoms with Crippen molar-refractivity contribution in [3.63, 3.8) is 0 Å². The molecule has 2 N–H and O–H groups in total. The van der Waals surface area contributed by atoms with Crippen LogP contribution in [0, 0.1) is 6.92 Å². The van der Waals surface area contributed by atoms with Gasteiger partial charge < -0.3 is 10.6 Å². The zero-order valence-corrected chi connectivity index (χ0v) is 18.0. The summed E-state index contributed by atoms with van der Waals surface area (Å²) < 4.78 is 3.68. The molecule has 8 heteroatoms. The first kappa shape index (κ1) is 20.1. The van der Waals surface area contributed by atoms with Gasteiger partial charge in [-0.25, -0.2) is 0 Å². The van der Waals surface area contributed by atoms with Crippen LogP contribution in [0.5, 0.6) is 0 Å². The van der Waals surface area contributed by atoms with Gasteiger partial charge in [-0.2, -0.15) is 10.2 Å². The van der Waals surface area contributed by atoms with E-state index in [2.05, 4.69) is 52.0 Å². The molecule has 0 aliphatic heterocycles. The fourth-order valence-electron chi connectivity index (χ4n) is 2.99. The van der Waals surface area contributed by atoms with Crippen LogP contribution in [0.1, 0.15) is 16.7 Å². The Bertz CT molecular complexity index is 1150. The predicted octanol–water partition coefficient (Wildman–Crippen LogP) is 4.95.